The lowest BCUT2D eigenvalue weighted by Gasteiger charge is -2.41. The topological polar surface area (TPSA) is 37.4 Å². The number of alkyl halides is 1. The smallest absolute Gasteiger partial charge is 0.211 e. The molecule has 1 saturated heterocycles. The fourth-order valence-corrected chi connectivity index (χ4v) is 5.12. The van der Waals surface area contributed by atoms with Crippen LogP contribution in [0.25, 0.3) is 0 Å². The zero-order valence-corrected chi connectivity index (χ0v) is 13.5. The Morgan fingerprint density at radius 1 is 1.21 bits per heavy atom. The van der Waals surface area contributed by atoms with E-state index in [-0.39, 0.29) is 5.41 Å². The molecule has 0 aromatic carbocycles. The molecular formula is C14H26ClNO2S. The molecule has 1 heterocycles. The molecule has 2 aliphatic rings. The normalized spacial score (nSPS) is 29.3. The molecule has 0 amide bonds. The van der Waals surface area contributed by atoms with Crippen LogP contribution in [0, 0.1) is 11.3 Å². The van der Waals surface area contributed by atoms with E-state index in [1.807, 2.05) is 0 Å². The van der Waals surface area contributed by atoms with Crippen molar-refractivity contribution in [3.8, 4) is 0 Å². The number of sulfonamides is 1. The van der Waals surface area contributed by atoms with Gasteiger partial charge in [-0.3, -0.25) is 0 Å². The van der Waals surface area contributed by atoms with Gasteiger partial charge >= 0.3 is 0 Å². The molecule has 5 heteroatoms. The molecule has 1 atom stereocenters. The highest BCUT2D eigenvalue weighted by Gasteiger charge is 2.36. The summed E-state index contributed by atoms with van der Waals surface area (Å²) >= 11 is 6.25. The van der Waals surface area contributed by atoms with Gasteiger partial charge in [0.1, 0.15) is 0 Å². The zero-order chi connectivity index (χ0) is 13.9. The first-order valence-corrected chi connectivity index (χ1v) is 9.85. The molecule has 1 aliphatic carbocycles. The Morgan fingerprint density at radius 2 is 1.89 bits per heavy atom. The Hall–Kier alpha value is 0.200. The van der Waals surface area contributed by atoms with Gasteiger partial charge in [0.2, 0.25) is 10.0 Å². The summed E-state index contributed by atoms with van der Waals surface area (Å²) in [5.74, 6) is 1.24. The summed E-state index contributed by atoms with van der Waals surface area (Å²) in [4.78, 5) is 0. The van der Waals surface area contributed by atoms with Crippen molar-refractivity contribution in [1.29, 1.82) is 0 Å². The molecule has 19 heavy (non-hydrogen) atoms. The van der Waals surface area contributed by atoms with E-state index in [0.717, 1.165) is 25.1 Å². The van der Waals surface area contributed by atoms with Gasteiger partial charge in [-0.15, -0.1) is 11.6 Å². The van der Waals surface area contributed by atoms with E-state index in [9.17, 15) is 8.42 Å². The number of hydrogen-bond acceptors (Lipinski definition) is 2. The Morgan fingerprint density at radius 3 is 2.47 bits per heavy atom. The van der Waals surface area contributed by atoms with Crippen LogP contribution in [0.3, 0.4) is 0 Å². The maximum atomic E-state index is 11.7. The number of piperidine rings is 1. The average molecular weight is 308 g/mol. The van der Waals surface area contributed by atoms with Crippen LogP contribution in [0.5, 0.6) is 0 Å². The highest BCUT2D eigenvalue weighted by molar-refractivity contribution is 7.88. The van der Waals surface area contributed by atoms with Gasteiger partial charge in [0.05, 0.1) is 6.26 Å². The summed E-state index contributed by atoms with van der Waals surface area (Å²) in [5.41, 5.74) is 0.283. The van der Waals surface area contributed by atoms with Gasteiger partial charge in [-0.05, 0) is 43.4 Å². The molecule has 1 aliphatic heterocycles. The third kappa shape index (κ3) is 4.08. The van der Waals surface area contributed by atoms with E-state index < -0.39 is 10.0 Å². The van der Waals surface area contributed by atoms with Crippen molar-refractivity contribution in [3.63, 3.8) is 0 Å². The van der Waals surface area contributed by atoms with Crippen molar-refractivity contribution in [3.05, 3.63) is 0 Å². The van der Waals surface area contributed by atoms with Crippen molar-refractivity contribution in [2.75, 3.05) is 25.2 Å². The SMILES string of the molecule is CS(=O)(=O)N1CCCC(CC2(CCl)CCCCC2)C1. The predicted octanol–water partition coefficient (Wildman–Crippen LogP) is 3.24. The predicted molar refractivity (Wildman–Crippen MR) is 80.0 cm³/mol. The second-order valence-corrected chi connectivity index (χ2v) is 8.78. The molecule has 1 unspecified atom stereocenters. The lowest BCUT2D eigenvalue weighted by molar-refractivity contribution is 0.136. The fourth-order valence-electron chi connectivity index (χ4n) is 3.80. The summed E-state index contributed by atoms with van der Waals surface area (Å²) in [5, 5.41) is 0. The van der Waals surface area contributed by atoms with Crippen molar-refractivity contribution in [2.24, 2.45) is 11.3 Å². The second kappa shape index (κ2) is 6.31. The molecular weight excluding hydrogens is 282 g/mol. The molecule has 3 nitrogen and oxygen atoms in total. The number of halogens is 1. The van der Waals surface area contributed by atoms with Crippen LogP contribution in [0.2, 0.25) is 0 Å². The van der Waals surface area contributed by atoms with Crippen LogP contribution < -0.4 is 0 Å². The van der Waals surface area contributed by atoms with E-state index in [0.29, 0.717) is 19.0 Å². The van der Waals surface area contributed by atoms with Crippen LogP contribution in [-0.2, 0) is 10.0 Å². The average Bonchev–Trinajstić information content (AvgIpc) is 2.39. The quantitative estimate of drug-likeness (QED) is 0.748. The molecule has 0 N–H and O–H groups in total. The summed E-state index contributed by atoms with van der Waals surface area (Å²) in [7, 11) is -3.03. The third-order valence-corrected chi connectivity index (χ3v) is 6.71. The van der Waals surface area contributed by atoms with Crippen LogP contribution in [-0.4, -0.2) is 37.9 Å². The van der Waals surface area contributed by atoms with Gasteiger partial charge in [0, 0.05) is 19.0 Å². The molecule has 2 rings (SSSR count). The molecule has 0 spiro atoms. The van der Waals surface area contributed by atoms with E-state index in [1.54, 1.807) is 4.31 Å². The Labute approximate surface area is 122 Å². The van der Waals surface area contributed by atoms with Crippen LogP contribution in [0.15, 0.2) is 0 Å². The first-order valence-electron chi connectivity index (χ1n) is 7.46. The molecule has 0 radical (unpaired) electrons. The highest BCUT2D eigenvalue weighted by atomic mass is 35.5. The second-order valence-electron chi connectivity index (χ2n) is 6.53. The van der Waals surface area contributed by atoms with Gasteiger partial charge in [0.15, 0.2) is 0 Å². The van der Waals surface area contributed by atoms with Gasteiger partial charge in [0.25, 0.3) is 0 Å². The first-order chi connectivity index (χ1) is 8.95. The van der Waals surface area contributed by atoms with Gasteiger partial charge in [-0.2, -0.15) is 0 Å². The van der Waals surface area contributed by atoms with Crippen LogP contribution in [0.1, 0.15) is 51.4 Å². The van der Waals surface area contributed by atoms with E-state index in [1.165, 1.54) is 38.4 Å². The molecule has 0 aromatic heterocycles. The van der Waals surface area contributed by atoms with Gasteiger partial charge in [-0.1, -0.05) is 19.3 Å². The fraction of sp³-hybridized carbons (Fsp3) is 1.00. The number of nitrogens with zero attached hydrogens (tertiary/aromatic N) is 1. The van der Waals surface area contributed by atoms with Crippen LogP contribution in [0.4, 0.5) is 0 Å². The van der Waals surface area contributed by atoms with Gasteiger partial charge < -0.3 is 0 Å². The minimum Gasteiger partial charge on any atom is -0.213 e. The molecule has 112 valence electrons. The third-order valence-electron chi connectivity index (χ3n) is 4.87. The van der Waals surface area contributed by atoms with Crippen molar-refractivity contribution < 1.29 is 8.42 Å². The monoisotopic (exact) mass is 307 g/mol. The van der Waals surface area contributed by atoms with Crippen LogP contribution >= 0.6 is 11.6 Å². The Balaban J connectivity index is 1.97. The summed E-state index contributed by atoms with van der Waals surface area (Å²) in [6.07, 6.45) is 11.0. The lowest BCUT2D eigenvalue weighted by atomic mass is 9.69. The molecule has 2 fully saturated rings. The van der Waals surface area contributed by atoms with Gasteiger partial charge in [-0.25, -0.2) is 12.7 Å². The minimum absolute atomic E-state index is 0.283. The molecule has 0 bridgehead atoms. The van der Waals surface area contributed by atoms with E-state index >= 15 is 0 Å². The molecule has 1 saturated carbocycles. The first kappa shape index (κ1) is 15.6. The number of rotatable bonds is 4. The summed E-state index contributed by atoms with van der Waals surface area (Å²) in [6.45, 7) is 1.40. The van der Waals surface area contributed by atoms with Crippen molar-refractivity contribution >= 4 is 21.6 Å². The largest absolute Gasteiger partial charge is 0.213 e. The highest BCUT2D eigenvalue weighted by Crippen LogP contribution is 2.44. The minimum atomic E-state index is -3.03. The lowest BCUT2D eigenvalue weighted by Crippen LogP contribution is -2.41. The van der Waals surface area contributed by atoms with E-state index in [4.69, 9.17) is 11.6 Å². The van der Waals surface area contributed by atoms with E-state index in [2.05, 4.69) is 0 Å². The molecule has 0 aromatic rings. The standard InChI is InChI=1S/C14H26ClNO2S/c1-19(17,18)16-9-5-6-13(11-16)10-14(12-15)7-3-2-4-8-14/h13H,2-12H2,1H3. The Bertz CT molecular complexity index is 390. The van der Waals surface area contributed by atoms with Crippen molar-refractivity contribution in [1.82, 2.24) is 4.31 Å². The Kier molecular flexibility index (Phi) is 5.18. The maximum Gasteiger partial charge on any atom is 0.211 e. The summed E-state index contributed by atoms with van der Waals surface area (Å²) in [6, 6.07) is 0. The zero-order valence-electron chi connectivity index (χ0n) is 11.9. The summed E-state index contributed by atoms with van der Waals surface area (Å²) < 4.78 is 25.0. The maximum absolute atomic E-state index is 11.7. The van der Waals surface area contributed by atoms with Crippen molar-refractivity contribution in [2.45, 2.75) is 51.4 Å². The number of hydrogen-bond donors (Lipinski definition) is 0.